The van der Waals surface area contributed by atoms with Gasteiger partial charge in [-0.2, -0.15) is 4.31 Å². The van der Waals surface area contributed by atoms with Crippen LogP contribution in [0.15, 0.2) is 23.1 Å². The highest BCUT2D eigenvalue weighted by Gasteiger charge is 2.30. The van der Waals surface area contributed by atoms with Gasteiger partial charge in [0, 0.05) is 11.7 Å². The molecule has 1 fully saturated rings. The van der Waals surface area contributed by atoms with Gasteiger partial charge in [-0.15, -0.1) is 0 Å². The summed E-state index contributed by atoms with van der Waals surface area (Å²) in [6.07, 6.45) is 5.57. The Morgan fingerprint density at radius 3 is 2.33 bits per heavy atom. The molecule has 8 nitrogen and oxygen atoms in total. The van der Waals surface area contributed by atoms with E-state index in [1.807, 2.05) is 0 Å². The van der Waals surface area contributed by atoms with Crippen molar-refractivity contribution >= 4 is 31.6 Å². The van der Waals surface area contributed by atoms with Gasteiger partial charge < -0.3 is 5.32 Å². The van der Waals surface area contributed by atoms with E-state index in [0.29, 0.717) is 11.3 Å². The quantitative estimate of drug-likeness (QED) is 0.697. The number of nitrogens with one attached hydrogen (secondary N) is 2. The molecule has 0 bridgehead atoms. The fourth-order valence-electron chi connectivity index (χ4n) is 3.24. The second-order valence-corrected chi connectivity index (χ2v) is 10.7. The highest BCUT2D eigenvalue weighted by molar-refractivity contribution is 7.89. The van der Waals surface area contributed by atoms with E-state index in [4.69, 9.17) is 0 Å². The number of carbonyl (C=O) groups excluding carboxylic acids is 1. The summed E-state index contributed by atoms with van der Waals surface area (Å²) in [5.41, 5.74) is 1.02. The smallest absolute Gasteiger partial charge is 0.240 e. The molecular formula is C17H27N3O5S2. The molecule has 1 saturated carbocycles. The Kier molecular flexibility index (Phi) is 7.01. The van der Waals surface area contributed by atoms with Crippen LogP contribution in [0.1, 0.15) is 37.7 Å². The summed E-state index contributed by atoms with van der Waals surface area (Å²) in [6, 6.07) is 4.23. The zero-order valence-corrected chi connectivity index (χ0v) is 17.5. The van der Waals surface area contributed by atoms with Crippen LogP contribution < -0.4 is 10.0 Å². The van der Waals surface area contributed by atoms with Crippen LogP contribution in [-0.2, 0) is 24.8 Å². The van der Waals surface area contributed by atoms with Gasteiger partial charge in [0.15, 0.2) is 0 Å². The van der Waals surface area contributed by atoms with Crippen molar-refractivity contribution in [2.45, 2.75) is 50.0 Å². The zero-order valence-electron chi connectivity index (χ0n) is 15.9. The molecule has 10 heteroatoms. The number of benzene rings is 1. The van der Waals surface area contributed by atoms with Crippen LogP contribution >= 0.6 is 0 Å². The van der Waals surface area contributed by atoms with E-state index >= 15 is 0 Å². The first-order valence-corrected chi connectivity index (χ1v) is 12.2. The summed E-state index contributed by atoms with van der Waals surface area (Å²) >= 11 is 0. The Hall–Kier alpha value is -1.49. The number of amides is 1. The third-order valence-electron chi connectivity index (χ3n) is 4.77. The molecule has 1 aliphatic carbocycles. The number of hydrogen-bond acceptors (Lipinski definition) is 5. The Morgan fingerprint density at radius 1 is 1.15 bits per heavy atom. The van der Waals surface area contributed by atoms with Gasteiger partial charge in [0.2, 0.25) is 26.0 Å². The van der Waals surface area contributed by atoms with Gasteiger partial charge in [-0.05, 0) is 44.5 Å². The van der Waals surface area contributed by atoms with Crippen molar-refractivity contribution in [1.82, 2.24) is 9.03 Å². The van der Waals surface area contributed by atoms with Gasteiger partial charge in [-0.3, -0.25) is 4.79 Å². The predicted molar refractivity (Wildman–Crippen MR) is 104 cm³/mol. The van der Waals surface area contributed by atoms with Crippen molar-refractivity contribution in [1.29, 1.82) is 0 Å². The first kappa shape index (κ1) is 21.8. The third-order valence-corrected chi connectivity index (χ3v) is 7.46. The van der Waals surface area contributed by atoms with Crippen LogP contribution in [0.3, 0.4) is 0 Å². The van der Waals surface area contributed by atoms with Crippen LogP contribution in [0.25, 0.3) is 0 Å². The number of nitrogens with zero attached hydrogens (tertiary/aromatic N) is 1. The van der Waals surface area contributed by atoms with E-state index in [9.17, 15) is 21.6 Å². The van der Waals surface area contributed by atoms with Crippen LogP contribution in [-0.4, -0.2) is 52.9 Å². The molecule has 0 radical (unpaired) electrons. The summed E-state index contributed by atoms with van der Waals surface area (Å²) in [5, 5.41) is 2.65. The van der Waals surface area contributed by atoms with Crippen LogP contribution in [0.4, 0.5) is 5.69 Å². The fraction of sp³-hybridized carbons (Fsp3) is 0.588. The molecule has 1 aliphatic rings. The van der Waals surface area contributed by atoms with Crippen LogP contribution in [0.2, 0.25) is 0 Å². The average molecular weight is 418 g/mol. The molecule has 0 unspecified atom stereocenters. The summed E-state index contributed by atoms with van der Waals surface area (Å²) in [5.74, 6) is -0.492. The second-order valence-electron chi connectivity index (χ2n) is 6.83. The minimum absolute atomic E-state index is 0.0261. The summed E-state index contributed by atoms with van der Waals surface area (Å²) in [4.78, 5) is 12.5. The molecule has 0 atom stereocenters. The summed E-state index contributed by atoms with van der Waals surface area (Å²) in [6.45, 7) is 1.45. The summed E-state index contributed by atoms with van der Waals surface area (Å²) in [7, 11) is -5.87. The molecule has 0 aliphatic heterocycles. The van der Waals surface area contributed by atoms with Crippen molar-refractivity contribution in [3.8, 4) is 0 Å². The molecule has 1 aromatic carbocycles. The molecular weight excluding hydrogens is 390 g/mol. The molecule has 0 aromatic heterocycles. The van der Waals surface area contributed by atoms with Gasteiger partial charge >= 0.3 is 0 Å². The highest BCUT2D eigenvalue weighted by Crippen LogP contribution is 2.25. The normalized spacial score (nSPS) is 16.4. The molecule has 0 heterocycles. The molecule has 27 heavy (non-hydrogen) atoms. The van der Waals surface area contributed by atoms with E-state index in [0.717, 1.165) is 38.4 Å². The Morgan fingerprint density at radius 2 is 1.78 bits per heavy atom. The minimum atomic E-state index is -3.64. The maximum atomic E-state index is 12.5. The van der Waals surface area contributed by atoms with Gasteiger partial charge in [0.25, 0.3) is 0 Å². The molecule has 1 aromatic rings. The van der Waals surface area contributed by atoms with E-state index in [1.54, 1.807) is 13.0 Å². The molecule has 1 amide bonds. The Bertz CT molecular complexity index is 891. The SMILES string of the molecule is CNS(=O)(=O)c1ccc(C)c(NC(=O)CN(C2CCCCC2)S(C)(=O)=O)c1. The fourth-order valence-corrected chi connectivity index (χ4v) is 5.10. The lowest BCUT2D eigenvalue weighted by Gasteiger charge is -2.31. The van der Waals surface area contributed by atoms with Crippen LogP contribution in [0, 0.1) is 6.92 Å². The standard InChI is InChI=1S/C17H27N3O5S2/c1-13-9-10-15(27(24,25)18-2)11-16(13)19-17(21)12-20(26(3,22)23)14-7-5-4-6-8-14/h9-11,14,18H,4-8,12H2,1-3H3,(H,19,21). The third kappa shape index (κ3) is 5.74. The summed E-state index contributed by atoms with van der Waals surface area (Å²) < 4.78 is 51.7. The highest BCUT2D eigenvalue weighted by atomic mass is 32.2. The molecule has 0 saturated heterocycles. The van der Waals surface area contributed by atoms with E-state index in [-0.39, 0.29) is 17.5 Å². The topological polar surface area (TPSA) is 113 Å². The maximum Gasteiger partial charge on any atom is 0.240 e. The van der Waals surface area contributed by atoms with Gasteiger partial charge in [0.05, 0.1) is 17.7 Å². The second kappa shape index (κ2) is 8.68. The Balaban J connectivity index is 2.19. The number of carbonyl (C=O) groups is 1. The van der Waals surface area contributed by atoms with Crippen molar-refractivity contribution in [3.05, 3.63) is 23.8 Å². The maximum absolute atomic E-state index is 12.5. The molecule has 0 spiro atoms. The largest absolute Gasteiger partial charge is 0.325 e. The van der Waals surface area contributed by atoms with Crippen molar-refractivity contribution in [2.75, 3.05) is 25.2 Å². The zero-order chi connectivity index (χ0) is 20.2. The van der Waals surface area contributed by atoms with Crippen molar-refractivity contribution in [3.63, 3.8) is 0 Å². The van der Waals surface area contributed by atoms with Crippen LogP contribution in [0.5, 0.6) is 0 Å². The number of rotatable bonds is 7. The van der Waals surface area contributed by atoms with Gasteiger partial charge in [-0.1, -0.05) is 25.3 Å². The van der Waals surface area contributed by atoms with Crippen molar-refractivity contribution in [2.24, 2.45) is 0 Å². The Labute approximate surface area is 161 Å². The first-order valence-electron chi connectivity index (χ1n) is 8.85. The van der Waals surface area contributed by atoms with Gasteiger partial charge in [0.1, 0.15) is 0 Å². The van der Waals surface area contributed by atoms with Gasteiger partial charge in [-0.25, -0.2) is 21.6 Å². The lowest BCUT2D eigenvalue weighted by Crippen LogP contribution is -2.45. The molecule has 152 valence electrons. The first-order chi connectivity index (χ1) is 12.5. The molecule has 2 N–H and O–H groups in total. The number of anilines is 1. The lowest BCUT2D eigenvalue weighted by atomic mass is 9.95. The average Bonchev–Trinajstić information content (AvgIpc) is 2.61. The number of aryl methyl sites for hydroxylation is 1. The molecule has 2 rings (SSSR count). The lowest BCUT2D eigenvalue weighted by molar-refractivity contribution is -0.116. The van der Waals surface area contributed by atoms with Crippen molar-refractivity contribution < 1.29 is 21.6 Å². The predicted octanol–water partition coefficient (Wildman–Crippen LogP) is 1.44. The number of hydrogen-bond donors (Lipinski definition) is 2. The van der Waals surface area contributed by atoms with E-state index < -0.39 is 26.0 Å². The minimum Gasteiger partial charge on any atom is -0.325 e. The number of sulfonamides is 2. The van der Waals surface area contributed by atoms with E-state index in [1.165, 1.54) is 23.5 Å². The van der Waals surface area contributed by atoms with E-state index in [2.05, 4.69) is 10.0 Å². The monoisotopic (exact) mass is 417 g/mol.